The highest BCUT2D eigenvalue weighted by atomic mass is 16.4. The van der Waals surface area contributed by atoms with Gasteiger partial charge in [0.05, 0.1) is 11.6 Å². The van der Waals surface area contributed by atoms with Gasteiger partial charge in [0.15, 0.2) is 0 Å². The zero-order valence-corrected chi connectivity index (χ0v) is 8.82. The van der Waals surface area contributed by atoms with Gasteiger partial charge < -0.3 is 5.11 Å². The van der Waals surface area contributed by atoms with Crippen LogP contribution in [0.4, 0.5) is 0 Å². The third kappa shape index (κ3) is 2.58. The van der Waals surface area contributed by atoms with Crippen molar-refractivity contribution in [1.29, 1.82) is 0 Å². The maximum absolute atomic E-state index is 10.8. The van der Waals surface area contributed by atoms with E-state index in [1.807, 2.05) is 13.2 Å². The third-order valence-corrected chi connectivity index (χ3v) is 2.38. The summed E-state index contributed by atoms with van der Waals surface area (Å²) in [6.45, 7) is 3.48. The van der Waals surface area contributed by atoms with Crippen LogP contribution in [0, 0.1) is 5.41 Å². The molecular weight excluding hydrogens is 180 g/mol. The highest BCUT2D eigenvalue weighted by molar-refractivity contribution is 5.73. The van der Waals surface area contributed by atoms with E-state index in [2.05, 4.69) is 5.10 Å². The first-order valence-electron chi connectivity index (χ1n) is 4.63. The van der Waals surface area contributed by atoms with Crippen LogP contribution in [0.3, 0.4) is 0 Å². The molecule has 1 rings (SSSR count). The van der Waals surface area contributed by atoms with E-state index in [0.717, 1.165) is 12.0 Å². The molecule has 4 heteroatoms. The van der Waals surface area contributed by atoms with E-state index in [1.54, 1.807) is 24.7 Å². The summed E-state index contributed by atoms with van der Waals surface area (Å²) < 4.78 is 1.73. The lowest BCUT2D eigenvalue weighted by atomic mass is 9.87. The number of carboxylic acids is 1. The SMILES string of the molecule is Cn1cc(CCC(C)(C)C(=O)O)cn1. The predicted molar refractivity (Wildman–Crippen MR) is 52.9 cm³/mol. The first-order valence-corrected chi connectivity index (χ1v) is 4.63. The van der Waals surface area contributed by atoms with Gasteiger partial charge in [-0.3, -0.25) is 9.48 Å². The number of aromatic nitrogens is 2. The molecule has 78 valence electrons. The van der Waals surface area contributed by atoms with Gasteiger partial charge in [0.1, 0.15) is 0 Å². The summed E-state index contributed by atoms with van der Waals surface area (Å²) in [6, 6.07) is 0. The number of carboxylic acid groups (broad SMARTS) is 1. The minimum Gasteiger partial charge on any atom is -0.481 e. The van der Waals surface area contributed by atoms with Crippen molar-refractivity contribution < 1.29 is 9.90 Å². The highest BCUT2D eigenvalue weighted by Gasteiger charge is 2.26. The summed E-state index contributed by atoms with van der Waals surface area (Å²) >= 11 is 0. The summed E-state index contributed by atoms with van der Waals surface area (Å²) in [5, 5.41) is 12.9. The van der Waals surface area contributed by atoms with E-state index in [4.69, 9.17) is 5.11 Å². The van der Waals surface area contributed by atoms with Crippen LogP contribution in [-0.2, 0) is 18.3 Å². The van der Waals surface area contributed by atoms with Crippen molar-refractivity contribution in [2.45, 2.75) is 26.7 Å². The lowest BCUT2D eigenvalue weighted by Gasteiger charge is -2.17. The molecular formula is C10H16N2O2. The Morgan fingerprint density at radius 2 is 2.29 bits per heavy atom. The van der Waals surface area contributed by atoms with Gasteiger partial charge in [0.2, 0.25) is 0 Å². The van der Waals surface area contributed by atoms with Gasteiger partial charge in [-0.1, -0.05) is 0 Å². The molecule has 0 saturated carbocycles. The van der Waals surface area contributed by atoms with Gasteiger partial charge in [-0.05, 0) is 32.3 Å². The molecule has 0 aliphatic heterocycles. The largest absolute Gasteiger partial charge is 0.481 e. The lowest BCUT2D eigenvalue weighted by molar-refractivity contribution is -0.147. The number of aryl methyl sites for hydroxylation is 2. The summed E-state index contributed by atoms with van der Waals surface area (Å²) in [5.41, 5.74) is 0.428. The molecule has 0 aromatic carbocycles. The number of hydrogen-bond donors (Lipinski definition) is 1. The van der Waals surface area contributed by atoms with Gasteiger partial charge in [-0.15, -0.1) is 0 Å². The molecule has 1 aromatic heterocycles. The molecule has 1 N–H and O–H groups in total. The fourth-order valence-electron chi connectivity index (χ4n) is 1.16. The molecule has 0 aliphatic rings. The molecule has 0 amide bonds. The molecule has 0 aliphatic carbocycles. The van der Waals surface area contributed by atoms with Gasteiger partial charge in [0.25, 0.3) is 0 Å². The maximum atomic E-state index is 10.8. The van der Waals surface area contributed by atoms with Crippen molar-refractivity contribution in [3.63, 3.8) is 0 Å². The van der Waals surface area contributed by atoms with Gasteiger partial charge >= 0.3 is 5.97 Å². The molecule has 0 spiro atoms. The van der Waals surface area contributed by atoms with Crippen LogP contribution < -0.4 is 0 Å². The molecule has 1 aromatic rings. The zero-order chi connectivity index (χ0) is 10.8. The fraction of sp³-hybridized carbons (Fsp3) is 0.600. The summed E-state index contributed by atoms with van der Waals surface area (Å²) in [4.78, 5) is 10.8. The Hall–Kier alpha value is -1.32. The molecule has 0 fully saturated rings. The van der Waals surface area contributed by atoms with E-state index in [-0.39, 0.29) is 0 Å². The van der Waals surface area contributed by atoms with Crippen LogP contribution in [0.2, 0.25) is 0 Å². The van der Waals surface area contributed by atoms with Crippen molar-refractivity contribution in [1.82, 2.24) is 9.78 Å². The average Bonchev–Trinajstić information content (AvgIpc) is 2.48. The van der Waals surface area contributed by atoms with Gasteiger partial charge in [-0.2, -0.15) is 5.10 Å². The second-order valence-electron chi connectivity index (χ2n) is 4.21. The first-order chi connectivity index (χ1) is 6.42. The van der Waals surface area contributed by atoms with Crippen molar-refractivity contribution in [3.05, 3.63) is 18.0 Å². The number of carbonyl (C=O) groups is 1. The van der Waals surface area contributed by atoms with Crippen molar-refractivity contribution in [2.75, 3.05) is 0 Å². The molecule has 0 saturated heterocycles. The van der Waals surface area contributed by atoms with E-state index >= 15 is 0 Å². The Bertz CT molecular complexity index is 329. The van der Waals surface area contributed by atoms with Crippen molar-refractivity contribution in [2.24, 2.45) is 12.5 Å². The molecule has 0 atom stereocenters. The number of rotatable bonds is 4. The number of nitrogens with zero attached hydrogens (tertiary/aromatic N) is 2. The van der Waals surface area contributed by atoms with E-state index < -0.39 is 11.4 Å². The normalized spacial score (nSPS) is 11.6. The number of aliphatic carboxylic acids is 1. The standard InChI is InChI=1S/C10H16N2O2/c1-10(2,9(13)14)5-4-8-6-11-12(3)7-8/h6-7H,4-5H2,1-3H3,(H,13,14). The molecule has 0 unspecified atom stereocenters. The monoisotopic (exact) mass is 196 g/mol. The third-order valence-electron chi connectivity index (χ3n) is 2.38. The van der Waals surface area contributed by atoms with Crippen LogP contribution in [-0.4, -0.2) is 20.9 Å². The zero-order valence-electron chi connectivity index (χ0n) is 8.82. The summed E-state index contributed by atoms with van der Waals surface area (Å²) in [6.07, 6.45) is 5.08. The minimum atomic E-state index is -0.749. The van der Waals surface area contributed by atoms with Crippen LogP contribution >= 0.6 is 0 Å². The number of hydrogen-bond acceptors (Lipinski definition) is 2. The predicted octanol–water partition coefficient (Wildman–Crippen LogP) is 1.46. The van der Waals surface area contributed by atoms with Crippen LogP contribution in [0.25, 0.3) is 0 Å². The molecule has 1 heterocycles. The Morgan fingerprint density at radius 1 is 1.64 bits per heavy atom. The average molecular weight is 196 g/mol. The second kappa shape index (κ2) is 3.82. The van der Waals surface area contributed by atoms with E-state index in [9.17, 15) is 4.79 Å². The Balaban J connectivity index is 2.52. The Morgan fingerprint density at radius 3 is 2.71 bits per heavy atom. The molecule has 0 radical (unpaired) electrons. The fourth-order valence-corrected chi connectivity index (χ4v) is 1.16. The maximum Gasteiger partial charge on any atom is 0.309 e. The van der Waals surface area contributed by atoms with Crippen LogP contribution in [0.1, 0.15) is 25.8 Å². The topological polar surface area (TPSA) is 55.1 Å². The lowest BCUT2D eigenvalue weighted by Crippen LogP contribution is -2.24. The minimum absolute atomic E-state index is 0.633. The Labute approximate surface area is 83.5 Å². The quantitative estimate of drug-likeness (QED) is 0.793. The molecule has 14 heavy (non-hydrogen) atoms. The van der Waals surface area contributed by atoms with Gasteiger partial charge in [0, 0.05) is 13.2 Å². The highest BCUT2D eigenvalue weighted by Crippen LogP contribution is 2.22. The van der Waals surface area contributed by atoms with Gasteiger partial charge in [-0.25, -0.2) is 0 Å². The van der Waals surface area contributed by atoms with Crippen molar-refractivity contribution >= 4 is 5.97 Å². The van der Waals surface area contributed by atoms with Crippen LogP contribution in [0.15, 0.2) is 12.4 Å². The molecule has 4 nitrogen and oxygen atoms in total. The Kier molecular flexibility index (Phi) is 2.93. The smallest absolute Gasteiger partial charge is 0.309 e. The molecule has 0 bridgehead atoms. The second-order valence-corrected chi connectivity index (χ2v) is 4.21. The van der Waals surface area contributed by atoms with E-state index in [0.29, 0.717) is 6.42 Å². The summed E-state index contributed by atoms with van der Waals surface area (Å²) in [5.74, 6) is -0.749. The summed E-state index contributed by atoms with van der Waals surface area (Å²) in [7, 11) is 1.85. The van der Waals surface area contributed by atoms with Crippen LogP contribution in [0.5, 0.6) is 0 Å². The van der Waals surface area contributed by atoms with E-state index in [1.165, 1.54) is 0 Å². The van der Waals surface area contributed by atoms with Crippen molar-refractivity contribution in [3.8, 4) is 0 Å². The first kappa shape index (κ1) is 10.8.